The van der Waals surface area contributed by atoms with E-state index in [1.807, 2.05) is 24.3 Å². The highest BCUT2D eigenvalue weighted by Gasteiger charge is 2.12. The Morgan fingerprint density at radius 1 is 0.474 bits per heavy atom. The average molecular weight is 651 g/mol. The first-order valence-corrected chi connectivity index (χ1v) is 16.6. The summed E-state index contributed by atoms with van der Waals surface area (Å²) in [6.07, 6.45) is 20.6. The van der Waals surface area contributed by atoms with Gasteiger partial charge in [-0.25, -0.2) is 9.97 Å². The normalized spacial score (nSPS) is 11.5. The number of aromatic nitrogens is 2. The van der Waals surface area contributed by atoms with Gasteiger partial charge in [-0.1, -0.05) is 104 Å². The molecule has 0 N–H and O–H groups in total. The fourth-order valence-corrected chi connectivity index (χ4v) is 5.41. The van der Waals surface area contributed by atoms with Crippen LogP contribution in [0.4, 0.5) is 0 Å². The molecule has 3 aromatic rings. The second-order valence-electron chi connectivity index (χ2n) is 10.4. The average Bonchev–Trinajstić information content (AvgIpc) is 2.91. The van der Waals surface area contributed by atoms with Crippen molar-refractivity contribution in [1.82, 2.24) is 9.97 Å². The van der Waals surface area contributed by atoms with Crippen molar-refractivity contribution in [3.63, 3.8) is 0 Å². The van der Waals surface area contributed by atoms with Crippen LogP contribution < -0.4 is 9.47 Å². The number of hydrogen-bond acceptors (Lipinski definition) is 4. The van der Waals surface area contributed by atoms with Crippen LogP contribution in [-0.4, -0.2) is 23.2 Å². The Kier molecular flexibility index (Phi) is 14.8. The van der Waals surface area contributed by atoms with Gasteiger partial charge in [0.1, 0.15) is 0 Å². The molecule has 210 valence electrons. The van der Waals surface area contributed by atoms with Crippen LogP contribution in [0.5, 0.6) is 11.5 Å². The first kappa shape index (κ1) is 31.1. The monoisotopic (exact) mass is 648 g/mol. The molecule has 0 amide bonds. The summed E-state index contributed by atoms with van der Waals surface area (Å²) in [5.74, 6) is 1.56. The van der Waals surface area contributed by atoms with Crippen molar-refractivity contribution in [2.24, 2.45) is 0 Å². The molecule has 0 saturated heterocycles. The minimum absolute atomic E-state index is 0.702. The Balaban J connectivity index is 1.60. The summed E-state index contributed by atoms with van der Waals surface area (Å²) in [5, 5.41) is 0. The van der Waals surface area contributed by atoms with Gasteiger partial charge in [0.05, 0.1) is 35.3 Å². The number of benzene rings is 2. The summed E-state index contributed by atoms with van der Waals surface area (Å²) in [7, 11) is 0. The van der Waals surface area contributed by atoms with Crippen LogP contribution in [0.2, 0.25) is 0 Å². The molecule has 0 aliphatic carbocycles. The van der Waals surface area contributed by atoms with Gasteiger partial charge in [0.2, 0.25) is 0 Å². The van der Waals surface area contributed by atoms with Crippen LogP contribution in [0.1, 0.15) is 117 Å². The highest BCUT2D eigenvalue weighted by atomic mass is 79.9. The fourth-order valence-electron chi connectivity index (χ4n) is 4.74. The van der Waals surface area contributed by atoms with E-state index < -0.39 is 0 Å². The van der Waals surface area contributed by atoms with Crippen molar-refractivity contribution in [2.75, 3.05) is 13.2 Å². The highest BCUT2D eigenvalue weighted by molar-refractivity contribution is 9.13. The Hall–Kier alpha value is -1.40. The van der Waals surface area contributed by atoms with Crippen molar-refractivity contribution in [1.29, 1.82) is 0 Å². The molecule has 1 heterocycles. The lowest BCUT2D eigenvalue weighted by Gasteiger charge is -2.14. The summed E-state index contributed by atoms with van der Waals surface area (Å²) in [4.78, 5) is 9.75. The van der Waals surface area contributed by atoms with Gasteiger partial charge >= 0.3 is 0 Å². The van der Waals surface area contributed by atoms with Gasteiger partial charge in [-0.05, 0) is 56.8 Å². The van der Waals surface area contributed by atoms with E-state index in [0.29, 0.717) is 13.2 Å². The topological polar surface area (TPSA) is 44.2 Å². The number of nitrogens with zero attached hydrogens (tertiary/aromatic N) is 2. The molecule has 0 aliphatic rings. The molecule has 4 nitrogen and oxygen atoms in total. The van der Waals surface area contributed by atoms with Crippen LogP contribution in [0, 0.1) is 0 Å². The first-order chi connectivity index (χ1) is 18.6. The van der Waals surface area contributed by atoms with Crippen LogP contribution in [-0.2, 0) is 0 Å². The lowest BCUT2D eigenvalue weighted by atomic mass is 10.1. The third-order valence-electron chi connectivity index (χ3n) is 7.05. The maximum Gasteiger partial charge on any atom is 0.163 e. The summed E-state index contributed by atoms with van der Waals surface area (Å²) < 4.78 is 14.5. The molecule has 0 aliphatic heterocycles. The van der Waals surface area contributed by atoms with Crippen LogP contribution in [0.3, 0.4) is 0 Å². The smallest absolute Gasteiger partial charge is 0.163 e. The summed E-state index contributed by atoms with van der Waals surface area (Å²) in [6.45, 7) is 5.94. The number of unbranched alkanes of at least 4 members (excludes halogenated alkanes) is 14. The van der Waals surface area contributed by atoms with Crippen LogP contribution in [0.25, 0.3) is 22.1 Å². The van der Waals surface area contributed by atoms with Crippen molar-refractivity contribution in [3.8, 4) is 11.5 Å². The molecule has 2 aromatic carbocycles. The number of fused-ring (bicyclic) bond motifs is 2. The van der Waals surface area contributed by atoms with Crippen molar-refractivity contribution in [3.05, 3.63) is 33.2 Å². The van der Waals surface area contributed by atoms with Gasteiger partial charge in [0, 0.05) is 21.1 Å². The SMILES string of the molecule is CCCCCCCCCCOc1cc2nc3cc(Br)c(Br)cc3nc2cc1OCCCCCCCCCC. The van der Waals surface area contributed by atoms with Crippen LogP contribution >= 0.6 is 31.9 Å². The second-order valence-corrected chi connectivity index (χ2v) is 12.1. The minimum atomic E-state index is 0.702. The van der Waals surface area contributed by atoms with Crippen molar-refractivity contribution < 1.29 is 9.47 Å². The fraction of sp³-hybridized carbons (Fsp3) is 0.625. The van der Waals surface area contributed by atoms with Crippen molar-refractivity contribution >= 4 is 53.9 Å². The molecule has 0 spiro atoms. The third-order valence-corrected chi connectivity index (χ3v) is 8.90. The van der Waals surface area contributed by atoms with E-state index in [-0.39, 0.29) is 0 Å². The molecule has 0 fully saturated rings. The van der Waals surface area contributed by atoms with Crippen molar-refractivity contribution in [2.45, 2.75) is 117 Å². The summed E-state index contributed by atoms with van der Waals surface area (Å²) in [5.41, 5.74) is 3.37. The van der Waals surface area contributed by atoms with E-state index in [1.165, 1.54) is 89.9 Å². The molecule has 1 aromatic heterocycles. The molecule has 38 heavy (non-hydrogen) atoms. The molecule has 6 heteroatoms. The highest BCUT2D eigenvalue weighted by Crippen LogP contribution is 2.34. The Morgan fingerprint density at radius 3 is 1.16 bits per heavy atom. The van der Waals surface area contributed by atoms with E-state index in [4.69, 9.17) is 19.4 Å². The molecule has 0 saturated carbocycles. The maximum absolute atomic E-state index is 6.27. The zero-order valence-electron chi connectivity index (χ0n) is 23.5. The molecule has 0 bridgehead atoms. The van der Waals surface area contributed by atoms with E-state index >= 15 is 0 Å². The predicted molar refractivity (Wildman–Crippen MR) is 169 cm³/mol. The first-order valence-electron chi connectivity index (χ1n) is 15.0. The molecular formula is C32H46Br2N2O2. The largest absolute Gasteiger partial charge is 0.490 e. The standard InChI is InChI=1S/C32H46Br2N2O2/c1-3-5-7-9-11-13-15-17-19-37-31-23-29-30(36-28-22-26(34)25(33)21-27(28)35-29)24-32(31)38-20-18-16-14-12-10-8-6-4-2/h21-24H,3-20H2,1-2H3. The third kappa shape index (κ3) is 10.6. The number of ether oxygens (including phenoxy) is 2. The van der Waals surface area contributed by atoms with Gasteiger partial charge in [0.15, 0.2) is 11.5 Å². The Bertz CT molecular complexity index is 1020. The molecule has 0 unspecified atom stereocenters. The summed E-state index contributed by atoms with van der Waals surface area (Å²) >= 11 is 7.16. The Labute approximate surface area is 246 Å². The van der Waals surface area contributed by atoms with Crippen LogP contribution in [0.15, 0.2) is 33.2 Å². The zero-order valence-corrected chi connectivity index (χ0v) is 26.7. The van der Waals surface area contributed by atoms with E-state index in [2.05, 4.69) is 45.7 Å². The Morgan fingerprint density at radius 2 is 0.789 bits per heavy atom. The lowest BCUT2D eigenvalue weighted by Crippen LogP contribution is -2.03. The molecular weight excluding hydrogens is 604 g/mol. The van der Waals surface area contributed by atoms with Gasteiger partial charge in [-0.3, -0.25) is 0 Å². The van der Waals surface area contributed by atoms with Gasteiger partial charge in [-0.15, -0.1) is 0 Å². The second kappa shape index (κ2) is 18.0. The van der Waals surface area contributed by atoms with E-state index in [9.17, 15) is 0 Å². The molecule has 0 radical (unpaired) electrons. The number of halogens is 2. The lowest BCUT2D eigenvalue weighted by molar-refractivity contribution is 0.259. The quantitative estimate of drug-likeness (QED) is 0.0902. The van der Waals surface area contributed by atoms with E-state index in [0.717, 1.165) is 55.4 Å². The zero-order chi connectivity index (χ0) is 27.0. The van der Waals surface area contributed by atoms with E-state index in [1.54, 1.807) is 0 Å². The molecule has 0 atom stereocenters. The number of rotatable bonds is 20. The maximum atomic E-state index is 6.27. The number of hydrogen-bond donors (Lipinski definition) is 0. The summed E-state index contributed by atoms with van der Waals surface area (Å²) in [6, 6.07) is 8.01. The minimum Gasteiger partial charge on any atom is -0.490 e. The van der Waals surface area contributed by atoms with Gasteiger partial charge in [0.25, 0.3) is 0 Å². The predicted octanol–water partition coefficient (Wildman–Crippen LogP) is 11.3. The molecule has 3 rings (SSSR count). The van der Waals surface area contributed by atoms with Gasteiger partial charge in [-0.2, -0.15) is 0 Å². The van der Waals surface area contributed by atoms with Gasteiger partial charge < -0.3 is 9.47 Å².